The highest BCUT2D eigenvalue weighted by molar-refractivity contribution is 7.92. The number of hydrogen-bond donors (Lipinski definition) is 1. The van der Waals surface area contributed by atoms with Crippen LogP contribution < -0.4 is 5.32 Å². The molecule has 11 heavy (non-hydrogen) atoms. The Labute approximate surface area is 66.1 Å². The Morgan fingerprint density at radius 1 is 1.55 bits per heavy atom. The summed E-state index contributed by atoms with van der Waals surface area (Å²) in [5, 5.41) is 10.5. The van der Waals surface area contributed by atoms with Crippen LogP contribution in [-0.4, -0.2) is 32.5 Å². The van der Waals surface area contributed by atoms with E-state index < -0.39 is 15.1 Å². The van der Waals surface area contributed by atoms with Crippen molar-refractivity contribution in [2.45, 2.75) is 11.7 Å². The van der Waals surface area contributed by atoms with Crippen LogP contribution in [0.2, 0.25) is 0 Å². The highest BCUT2D eigenvalue weighted by atomic mass is 32.2. The predicted molar refractivity (Wildman–Crippen MR) is 40.7 cm³/mol. The van der Waals surface area contributed by atoms with E-state index >= 15 is 0 Å². The van der Waals surface area contributed by atoms with E-state index in [1.807, 2.05) is 0 Å². The normalized spacial score (nSPS) is 30.3. The molecule has 0 spiro atoms. The first-order valence-corrected chi connectivity index (χ1v) is 5.20. The largest absolute Gasteiger partial charge is 0.314 e. The lowest BCUT2D eigenvalue weighted by Gasteiger charge is -2.03. The Morgan fingerprint density at radius 2 is 2.27 bits per heavy atom. The summed E-state index contributed by atoms with van der Waals surface area (Å²) in [6.45, 7) is 0.968. The van der Waals surface area contributed by atoms with E-state index in [-0.39, 0.29) is 12.3 Å². The van der Waals surface area contributed by atoms with Gasteiger partial charge in [-0.25, -0.2) is 8.42 Å². The summed E-state index contributed by atoms with van der Waals surface area (Å²) in [7, 11) is -3.13. The van der Waals surface area contributed by atoms with Crippen LogP contribution in [-0.2, 0) is 9.84 Å². The lowest BCUT2D eigenvalue weighted by molar-refractivity contribution is 0.590. The van der Waals surface area contributed by atoms with Gasteiger partial charge in [0, 0.05) is 6.54 Å². The van der Waals surface area contributed by atoms with Gasteiger partial charge in [0.05, 0.1) is 11.8 Å². The Morgan fingerprint density at radius 3 is 2.91 bits per heavy atom. The lowest BCUT2D eigenvalue weighted by atomic mass is 10.4. The molecule has 1 unspecified atom stereocenters. The quantitative estimate of drug-likeness (QED) is 0.526. The smallest absolute Gasteiger partial charge is 0.167 e. The van der Waals surface area contributed by atoms with Crippen molar-refractivity contribution in [3.05, 3.63) is 0 Å². The average Bonchev–Trinajstić information content (AvgIpc) is 2.10. The van der Waals surface area contributed by atoms with Crippen LogP contribution in [0.15, 0.2) is 0 Å². The van der Waals surface area contributed by atoms with Crippen molar-refractivity contribution in [2.75, 3.05) is 18.8 Å². The molecule has 0 aromatic heterocycles. The third-order valence-electron chi connectivity index (χ3n) is 1.69. The van der Waals surface area contributed by atoms with Gasteiger partial charge in [0.1, 0.15) is 0 Å². The molecule has 1 heterocycles. The SMILES string of the molecule is N#CC1CNCCCS1(=O)=O. The molecule has 1 N–H and O–H groups in total. The van der Waals surface area contributed by atoms with Gasteiger partial charge in [0.25, 0.3) is 0 Å². The molecule has 1 rings (SSSR count). The van der Waals surface area contributed by atoms with Gasteiger partial charge in [-0.1, -0.05) is 0 Å². The third-order valence-corrected chi connectivity index (χ3v) is 3.69. The molecule has 0 saturated carbocycles. The maximum atomic E-state index is 11.2. The van der Waals surface area contributed by atoms with E-state index in [0.717, 1.165) is 0 Å². The van der Waals surface area contributed by atoms with E-state index in [4.69, 9.17) is 5.26 Å². The minimum absolute atomic E-state index is 0.137. The summed E-state index contributed by atoms with van der Waals surface area (Å²) in [6, 6.07) is 1.78. The van der Waals surface area contributed by atoms with Gasteiger partial charge in [-0.3, -0.25) is 0 Å². The first-order valence-electron chi connectivity index (χ1n) is 3.49. The Balaban J connectivity index is 2.83. The molecule has 0 aliphatic carbocycles. The van der Waals surface area contributed by atoms with Crippen LogP contribution in [0.25, 0.3) is 0 Å². The fraction of sp³-hybridized carbons (Fsp3) is 0.833. The van der Waals surface area contributed by atoms with Crippen molar-refractivity contribution in [3.8, 4) is 6.07 Å². The van der Waals surface area contributed by atoms with Crippen LogP contribution in [0.4, 0.5) is 0 Å². The first-order chi connectivity index (χ1) is 5.17. The van der Waals surface area contributed by atoms with E-state index in [2.05, 4.69) is 5.32 Å². The van der Waals surface area contributed by atoms with Crippen LogP contribution in [0, 0.1) is 11.3 Å². The molecule has 4 nitrogen and oxygen atoms in total. The molecule has 62 valence electrons. The molecule has 1 aliphatic heterocycles. The van der Waals surface area contributed by atoms with Gasteiger partial charge in [0.2, 0.25) is 0 Å². The van der Waals surface area contributed by atoms with Crippen molar-refractivity contribution in [2.24, 2.45) is 0 Å². The number of hydrogen-bond acceptors (Lipinski definition) is 4. The van der Waals surface area contributed by atoms with Crippen LogP contribution in [0.3, 0.4) is 0 Å². The first kappa shape index (κ1) is 8.50. The molecule has 1 atom stereocenters. The molecular formula is C6H10N2O2S. The third kappa shape index (κ3) is 1.91. The summed E-state index contributed by atoms with van der Waals surface area (Å²) >= 11 is 0. The van der Waals surface area contributed by atoms with Crippen LogP contribution in [0.5, 0.6) is 0 Å². The van der Waals surface area contributed by atoms with Gasteiger partial charge in [0.15, 0.2) is 15.1 Å². The molecule has 1 saturated heterocycles. The highest BCUT2D eigenvalue weighted by Crippen LogP contribution is 2.05. The maximum absolute atomic E-state index is 11.2. The summed E-state index contributed by atoms with van der Waals surface area (Å²) in [5.41, 5.74) is 0. The number of sulfone groups is 1. The minimum Gasteiger partial charge on any atom is -0.314 e. The summed E-state index contributed by atoms with van der Waals surface area (Å²) in [4.78, 5) is 0. The fourth-order valence-electron chi connectivity index (χ4n) is 1.03. The van der Waals surface area contributed by atoms with Gasteiger partial charge in [-0.05, 0) is 13.0 Å². The molecule has 5 heteroatoms. The van der Waals surface area contributed by atoms with Gasteiger partial charge >= 0.3 is 0 Å². The highest BCUT2D eigenvalue weighted by Gasteiger charge is 2.26. The van der Waals surface area contributed by atoms with E-state index in [9.17, 15) is 8.42 Å². The second-order valence-electron chi connectivity index (χ2n) is 2.54. The number of rotatable bonds is 0. The zero-order valence-corrected chi connectivity index (χ0v) is 6.89. The Bertz CT molecular complexity index is 265. The monoisotopic (exact) mass is 174 g/mol. The van der Waals surface area contributed by atoms with E-state index in [1.165, 1.54) is 0 Å². The lowest BCUT2D eigenvalue weighted by Crippen LogP contribution is -2.29. The maximum Gasteiger partial charge on any atom is 0.167 e. The molecule has 0 amide bonds. The summed E-state index contributed by atoms with van der Waals surface area (Å²) < 4.78 is 22.3. The summed E-state index contributed by atoms with van der Waals surface area (Å²) in [5.74, 6) is 0.137. The summed E-state index contributed by atoms with van der Waals surface area (Å²) in [6.07, 6.45) is 0.612. The second-order valence-corrected chi connectivity index (χ2v) is 4.85. The second kappa shape index (κ2) is 3.20. The molecular weight excluding hydrogens is 164 g/mol. The standard InChI is InChI=1S/C6H10N2O2S/c7-4-6-5-8-2-1-3-11(6,9)10/h6,8H,1-3,5H2. The van der Waals surface area contributed by atoms with Gasteiger partial charge in [-0.2, -0.15) is 5.26 Å². The van der Waals surface area contributed by atoms with Crippen LogP contribution in [0.1, 0.15) is 6.42 Å². The fourth-order valence-corrected chi connectivity index (χ4v) is 2.39. The molecule has 1 aliphatic rings. The number of nitriles is 1. The molecule has 0 bridgehead atoms. The van der Waals surface area contributed by atoms with E-state index in [0.29, 0.717) is 13.0 Å². The van der Waals surface area contributed by atoms with Crippen molar-refractivity contribution >= 4 is 9.84 Å². The van der Waals surface area contributed by atoms with Crippen molar-refractivity contribution in [1.29, 1.82) is 5.26 Å². The zero-order chi connectivity index (χ0) is 8.32. The van der Waals surface area contributed by atoms with Crippen LogP contribution >= 0.6 is 0 Å². The average molecular weight is 174 g/mol. The zero-order valence-electron chi connectivity index (χ0n) is 6.08. The number of nitrogens with one attached hydrogen (secondary N) is 1. The Kier molecular flexibility index (Phi) is 2.47. The van der Waals surface area contributed by atoms with Crippen molar-refractivity contribution in [1.82, 2.24) is 5.32 Å². The van der Waals surface area contributed by atoms with Gasteiger partial charge in [-0.15, -0.1) is 0 Å². The Hall–Kier alpha value is -0.600. The minimum atomic E-state index is -3.13. The predicted octanol–water partition coefficient (Wildman–Crippen LogP) is -0.713. The van der Waals surface area contributed by atoms with Crippen molar-refractivity contribution < 1.29 is 8.42 Å². The molecule has 0 aromatic rings. The molecule has 0 radical (unpaired) electrons. The molecule has 1 fully saturated rings. The van der Waals surface area contributed by atoms with E-state index in [1.54, 1.807) is 6.07 Å². The topological polar surface area (TPSA) is 70.0 Å². The van der Waals surface area contributed by atoms with Gasteiger partial charge < -0.3 is 5.32 Å². The number of nitrogens with zero attached hydrogens (tertiary/aromatic N) is 1. The molecule has 0 aromatic carbocycles. The van der Waals surface area contributed by atoms with Crippen molar-refractivity contribution in [3.63, 3.8) is 0 Å².